The van der Waals surface area contributed by atoms with Crippen molar-refractivity contribution >= 4 is 11.5 Å². The molecule has 7 heteroatoms. The van der Waals surface area contributed by atoms with E-state index in [1.165, 1.54) is 0 Å². The fraction of sp³-hybridized carbons (Fsp3) is 0.312. The molecular weight excluding hydrogens is 295 g/mol. The quantitative estimate of drug-likeness (QED) is 0.768. The molecule has 2 atom stereocenters. The summed E-state index contributed by atoms with van der Waals surface area (Å²) < 4.78 is 15.0. The zero-order valence-corrected chi connectivity index (χ0v) is 12.5. The minimum Gasteiger partial charge on any atom is -0.364 e. The summed E-state index contributed by atoms with van der Waals surface area (Å²) in [5.41, 5.74) is 2.47. The Hall–Kier alpha value is -2.54. The van der Waals surface area contributed by atoms with Crippen LogP contribution in [0.4, 0.5) is 10.2 Å². The van der Waals surface area contributed by atoms with Crippen molar-refractivity contribution < 1.29 is 4.39 Å². The first-order valence-corrected chi connectivity index (χ1v) is 7.63. The third kappa shape index (κ3) is 2.63. The number of hydrogen-bond donors (Lipinski definition) is 2. The molecule has 0 bridgehead atoms. The highest BCUT2D eigenvalue weighted by Crippen LogP contribution is 2.21. The van der Waals surface area contributed by atoms with E-state index in [1.807, 2.05) is 28.8 Å². The molecule has 4 rings (SSSR count). The number of rotatable bonds is 4. The van der Waals surface area contributed by atoms with Gasteiger partial charge in [0.05, 0.1) is 31.0 Å². The Morgan fingerprint density at radius 2 is 2.22 bits per heavy atom. The zero-order valence-electron chi connectivity index (χ0n) is 12.5. The molecule has 4 heterocycles. The summed E-state index contributed by atoms with van der Waals surface area (Å²) in [5, 5.41) is 6.48. The van der Waals surface area contributed by atoms with Crippen LogP contribution in [0, 0.1) is 5.92 Å². The van der Waals surface area contributed by atoms with Crippen LogP contribution < -0.4 is 10.6 Å². The van der Waals surface area contributed by atoms with Crippen LogP contribution in [-0.4, -0.2) is 45.2 Å². The molecule has 3 aromatic heterocycles. The van der Waals surface area contributed by atoms with Crippen LogP contribution in [0.2, 0.25) is 0 Å². The van der Waals surface area contributed by atoms with Gasteiger partial charge in [-0.15, -0.1) is 0 Å². The number of hydrogen-bond acceptors (Lipinski definition) is 5. The fourth-order valence-electron chi connectivity index (χ4n) is 2.94. The number of nitrogens with one attached hydrogen (secondary N) is 2. The number of aromatic nitrogens is 4. The standard InChI is InChI=1S/C16H17FN6/c17-5-11-6-18-7-12(11)21-15-10-19-8-13(22-15)14-9-20-16-3-1-2-4-23(14)16/h1-4,8-12,18H,5-7H2,(H,21,22)/t11-,12?/m1/s1. The number of anilines is 1. The van der Waals surface area contributed by atoms with E-state index < -0.39 is 0 Å². The molecule has 3 aromatic rings. The van der Waals surface area contributed by atoms with E-state index in [0.29, 0.717) is 12.4 Å². The van der Waals surface area contributed by atoms with Gasteiger partial charge in [0.1, 0.15) is 17.2 Å². The lowest BCUT2D eigenvalue weighted by Gasteiger charge is -2.17. The third-order valence-electron chi connectivity index (χ3n) is 4.19. The van der Waals surface area contributed by atoms with Gasteiger partial charge in [0.2, 0.25) is 0 Å². The molecule has 6 nitrogen and oxygen atoms in total. The van der Waals surface area contributed by atoms with Crippen molar-refractivity contribution in [1.29, 1.82) is 0 Å². The van der Waals surface area contributed by atoms with Gasteiger partial charge in [-0.1, -0.05) is 6.07 Å². The Bertz CT molecular complexity index is 817. The van der Waals surface area contributed by atoms with E-state index >= 15 is 0 Å². The monoisotopic (exact) mass is 312 g/mol. The lowest BCUT2D eigenvalue weighted by atomic mass is 10.1. The van der Waals surface area contributed by atoms with Crippen molar-refractivity contribution in [2.45, 2.75) is 6.04 Å². The van der Waals surface area contributed by atoms with Gasteiger partial charge in [0.15, 0.2) is 0 Å². The third-order valence-corrected chi connectivity index (χ3v) is 4.19. The van der Waals surface area contributed by atoms with Crippen molar-refractivity contribution in [3.05, 3.63) is 43.0 Å². The SMILES string of the molecule is FC[C@@H]1CNCC1Nc1cncc(-c2cnc3ccccn23)n1. The van der Waals surface area contributed by atoms with Crippen LogP contribution in [0.25, 0.3) is 17.0 Å². The fourth-order valence-corrected chi connectivity index (χ4v) is 2.94. The normalized spacial score (nSPS) is 20.9. The van der Waals surface area contributed by atoms with Gasteiger partial charge in [0, 0.05) is 31.2 Å². The molecule has 1 aliphatic rings. The zero-order chi connectivity index (χ0) is 15.6. The van der Waals surface area contributed by atoms with Crippen LogP contribution in [0.1, 0.15) is 0 Å². The molecule has 0 aliphatic carbocycles. The molecule has 23 heavy (non-hydrogen) atoms. The lowest BCUT2D eigenvalue weighted by molar-refractivity contribution is 0.367. The molecule has 0 spiro atoms. The molecule has 0 saturated carbocycles. The maximum atomic E-state index is 13.0. The number of pyridine rings is 1. The van der Waals surface area contributed by atoms with Crippen LogP contribution >= 0.6 is 0 Å². The van der Waals surface area contributed by atoms with Crippen molar-refractivity contribution in [3.63, 3.8) is 0 Å². The molecule has 118 valence electrons. The maximum Gasteiger partial charge on any atom is 0.145 e. The highest BCUT2D eigenvalue weighted by Gasteiger charge is 2.27. The molecule has 1 saturated heterocycles. The largest absolute Gasteiger partial charge is 0.364 e. The molecular formula is C16H17FN6. The van der Waals surface area contributed by atoms with E-state index in [2.05, 4.69) is 25.6 Å². The smallest absolute Gasteiger partial charge is 0.145 e. The predicted octanol–water partition coefficient (Wildman–Crippen LogP) is 1.76. The Labute approximate surface area is 132 Å². The summed E-state index contributed by atoms with van der Waals surface area (Å²) >= 11 is 0. The van der Waals surface area contributed by atoms with Gasteiger partial charge in [-0.3, -0.25) is 13.8 Å². The highest BCUT2D eigenvalue weighted by atomic mass is 19.1. The van der Waals surface area contributed by atoms with Crippen LogP contribution in [-0.2, 0) is 0 Å². The van der Waals surface area contributed by atoms with Crippen molar-refractivity contribution in [2.24, 2.45) is 5.92 Å². The minimum atomic E-state index is -0.342. The predicted molar refractivity (Wildman–Crippen MR) is 86.0 cm³/mol. The molecule has 0 aromatic carbocycles. The van der Waals surface area contributed by atoms with Gasteiger partial charge in [-0.25, -0.2) is 9.97 Å². The van der Waals surface area contributed by atoms with E-state index in [-0.39, 0.29) is 18.6 Å². The van der Waals surface area contributed by atoms with Gasteiger partial charge >= 0.3 is 0 Å². The number of alkyl halides is 1. The second kappa shape index (κ2) is 5.92. The summed E-state index contributed by atoms with van der Waals surface area (Å²) in [6, 6.07) is 5.87. The Morgan fingerprint density at radius 3 is 3.13 bits per heavy atom. The van der Waals surface area contributed by atoms with Gasteiger partial charge < -0.3 is 10.6 Å². The van der Waals surface area contributed by atoms with Crippen molar-refractivity contribution in [3.8, 4) is 11.4 Å². The summed E-state index contributed by atoms with van der Waals surface area (Å²) in [5.74, 6) is 0.622. The van der Waals surface area contributed by atoms with Crippen LogP contribution in [0.5, 0.6) is 0 Å². The summed E-state index contributed by atoms with van der Waals surface area (Å²) in [6.45, 7) is 1.08. The van der Waals surface area contributed by atoms with Crippen molar-refractivity contribution in [2.75, 3.05) is 25.1 Å². The maximum absolute atomic E-state index is 13.0. The number of imidazole rings is 1. The molecule has 1 fully saturated rings. The highest BCUT2D eigenvalue weighted by molar-refractivity contribution is 5.60. The lowest BCUT2D eigenvalue weighted by Crippen LogP contribution is -2.29. The van der Waals surface area contributed by atoms with E-state index in [0.717, 1.165) is 23.6 Å². The summed E-state index contributed by atoms with van der Waals surface area (Å²) in [7, 11) is 0. The Balaban J connectivity index is 1.64. The first kappa shape index (κ1) is 14.1. The average molecular weight is 312 g/mol. The Morgan fingerprint density at radius 1 is 1.26 bits per heavy atom. The molecule has 1 aliphatic heterocycles. The molecule has 1 unspecified atom stereocenters. The van der Waals surface area contributed by atoms with E-state index in [4.69, 9.17) is 0 Å². The Kier molecular flexibility index (Phi) is 3.63. The van der Waals surface area contributed by atoms with Gasteiger partial charge in [-0.05, 0) is 12.1 Å². The topological polar surface area (TPSA) is 67.1 Å². The average Bonchev–Trinajstić information content (AvgIpc) is 3.21. The second-order valence-electron chi connectivity index (χ2n) is 5.69. The molecule has 2 N–H and O–H groups in total. The minimum absolute atomic E-state index is 0.0312. The number of nitrogens with zero attached hydrogens (tertiary/aromatic N) is 4. The van der Waals surface area contributed by atoms with Gasteiger partial charge in [-0.2, -0.15) is 0 Å². The van der Waals surface area contributed by atoms with Gasteiger partial charge in [0.25, 0.3) is 0 Å². The first-order chi connectivity index (χ1) is 11.3. The number of fused-ring (bicyclic) bond motifs is 1. The first-order valence-electron chi connectivity index (χ1n) is 7.63. The van der Waals surface area contributed by atoms with Crippen molar-refractivity contribution in [1.82, 2.24) is 24.7 Å². The second-order valence-corrected chi connectivity index (χ2v) is 5.69. The van der Waals surface area contributed by atoms with Crippen LogP contribution in [0.15, 0.2) is 43.0 Å². The summed E-state index contributed by atoms with van der Waals surface area (Å²) in [4.78, 5) is 13.2. The number of halogens is 1. The van der Waals surface area contributed by atoms with E-state index in [9.17, 15) is 4.39 Å². The molecule has 0 radical (unpaired) electrons. The van der Waals surface area contributed by atoms with E-state index in [1.54, 1.807) is 18.6 Å². The van der Waals surface area contributed by atoms with Crippen LogP contribution in [0.3, 0.4) is 0 Å². The summed E-state index contributed by atoms with van der Waals surface area (Å²) in [6.07, 6.45) is 7.10. The molecule has 0 amide bonds.